The van der Waals surface area contributed by atoms with Crippen molar-refractivity contribution in [2.45, 2.75) is 20.3 Å². The third-order valence-electron chi connectivity index (χ3n) is 2.86. The van der Waals surface area contributed by atoms with Crippen LogP contribution in [-0.4, -0.2) is 11.1 Å². The SMILES string of the molecule is Cc1ccc(C)c(-n2cccc2CCN)c1. The first-order chi connectivity index (χ1) is 7.72. The van der Waals surface area contributed by atoms with Crippen molar-refractivity contribution in [2.75, 3.05) is 6.54 Å². The molecule has 1 aromatic carbocycles. The predicted molar refractivity (Wildman–Crippen MR) is 68.0 cm³/mol. The van der Waals surface area contributed by atoms with Crippen LogP contribution in [0.2, 0.25) is 0 Å². The van der Waals surface area contributed by atoms with Gasteiger partial charge in [0.25, 0.3) is 0 Å². The van der Waals surface area contributed by atoms with Crippen molar-refractivity contribution < 1.29 is 0 Å². The van der Waals surface area contributed by atoms with E-state index in [-0.39, 0.29) is 0 Å². The summed E-state index contributed by atoms with van der Waals surface area (Å²) in [7, 11) is 0. The van der Waals surface area contributed by atoms with E-state index in [0.717, 1.165) is 6.42 Å². The molecule has 0 spiro atoms. The second-order valence-corrected chi connectivity index (χ2v) is 4.20. The summed E-state index contributed by atoms with van der Waals surface area (Å²) in [4.78, 5) is 0. The van der Waals surface area contributed by atoms with Crippen LogP contribution in [0.1, 0.15) is 16.8 Å². The number of hydrogen-bond donors (Lipinski definition) is 1. The van der Waals surface area contributed by atoms with Crippen LogP contribution < -0.4 is 5.73 Å². The van der Waals surface area contributed by atoms with Gasteiger partial charge in [-0.15, -0.1) is 0 Å². The Kier molecular flexibility index (Phi) is 3.11. The fraction of sp³-hybridized carbons (Fsp3) is 0.286. The molecule has 0 unspecified atom stereocenters. The first-order valence-electron chi connectivity index (χ1n) is 5.66. The molecule has 0 saturated carbocycles. The zero-order chi connectivity index (χ0) is 11.5. The quantitative estimate of drug-likeness (QED) is 0.836. The molecule has 0 fully saturated rings. The number of hydrogen-bond acceptors (Lipinski definition) is 1. The van der Waals surface area contributed by atoms with Crippen LogP contribution in [-0.2, 0) is 6.42 Å². The summed E-state index contributed by atoms with van der Waals surface area (Å²) >= 11 is 0. The van der Waals surface area contributed by atoms with Gasteiger partial charge in [0.2, 0.25) is 0 Å². The average molecular weight is 214 g/mol. The highest BCUT2D eigenvalue weighted by Crippen LogP contribution is 2.18. The second kappa shape index (κ2) is 4.54. The Labute approximate surface area is 96.7 Å². The third-order valence-corrected chi connectivity index (χ3v) is 2.86. The van der Waals surface area contributed by atoms with Crippen LogP contribution in [0.25, 0.3) is 5.69 Å². The summed E-state index contributed by atoms with van der Waals surface area (Å²) < 4.78 is 2.23. The van der Waals surface area contributed by atoms with E-state index in [0.29, 0.717) is 6.54 Å². The molecule has 2 rings (SSSR count). The van der Waals surface area contributed by atoms with E-state index in [1.54, 1.807) is 0 Å². The fourth-order valence-corrected chi connectivity index (χ4v) is 1.98. The van der Waals surface area contributed by atoms with Gasteiger partial charge >= 0.3 is 0 Å². The van der Waals surface area contributed by atoms with Gasteiger partial charge in [0.1, 0.15) is 0 Å². The Bertz CT molecular complexity index is 483. The molecule has 2 heteroatoms. The van der Waals surface area contributed by atoms with Gasteiger partial charge in [-0.05, 0) is 49.7 Å². The lowest BCUT2D eigenvalue weighted by atomic mass is 10.1. The van der Waals surface area contributed by atoms with Gasteiger partial charge in [0.15, 0.2) is 0 Å². The monoisotopic (exact) mass is 214 g/mol. The maximum atomic E-state index is 5.62. The Morgan fingerprint density at radius 2 is 2.00 bits per heavy atom. The van der Waals surface area contributed by atoms with Crippen LogP contribution in [0.4, 0.5) is 0 Å². The molecule has 0 aliphatic rings. The van der Waals surface area contributed by atoms with Gasteiger partial charge in [0, 0.05) is 24.0 Å². The molecule has 2 N–H and O–H groups in total. The lowest BCUT2D eigenvalue weighted by Gasteiger charge is -2.12. The highest BCUT2D eigenvalue weighted by Gasteiger charge is 2.05. The Morgan fingerprint density at radius 1 is 1.19 bits per heavy atom. The summed E-state index contributed by atoms with van der Waals surface area (Å²) in [5, 5.41) is 0. The Hall–Kier alpha value is -1.54. The molecule has 1 heterocycles. The van der Waals surface area contributed by atoms with Gasteiger partial charge in [-0.25, -0.2) is 0 Å². The Morgan fingerprint density at radius 3 is 2.75 bits per heavy atom. The van der Waals surface area contributed by atoms with E-state index in [4.69, 9.17) is 5.73 Å². The molecule has 1 aromatic heterocycles. The molecule has 0 atom stereocenters. The first kappa shape index (κ1) is 11.0. The van der Waals surface area contributed by atoms with Gasteiger partial charge in [-0.1, -0.05) is 12.1 Å². The van der Waals surface area contributed by atoms with Crippen LogP contribution in [0.15, 0.2) is 36.5 Å². The lowest BCUT2D eigenvalue weighted by molar-refractivity contribution is 0.870. The van der Waals surface area contributed by atoms with Gasteiger partial charge < -0.3 is 10.3 Å². The fourth-order valence-electron chi connectivity index (χ4n) is 1.98. The maximum absolute atomic E-state index is 5.62. The highest BCUT2D eigenvalue weighted by atomic mass is 15.0. The normalized spacial score (nSPS) is 10.7. The van der Waals surface area contributed by atoms with Crippen molar-refractivity contribution in [3.8, 4) is 5.69 Å². The number of aryl methyl sites for hydroxylation is 2. The summed E-state index contributed by atoms with van der Waals surface area (Å²) in [5.41, 5.74) is 10.7. The average Bonchev–Trinajstić information content (AvgIpc) is 2.70. The first-order valence-corrected chi connectivity index (χ1v) is 5.66. The Balaban J connectivity index is 2.49. The van der Waals surface area contributed by atoms with E-state index in [1.165, 1.54) is 22.5 Å². The lowest BCUT2D eigenvalue weighted by Crippen LogP contribution is -2.08. The molecular formula is C14H18N2. The topological polar surface area (TPSA) is 30.9 Å². The van der Waals surface area contributed by atoms with Crippen molar-refractivity contribution in [3.63, 3.8) is 0 Å². The molecule has 0 saturated heterocycles. The molecule has 0 radical (unpaired) electrons. The van der Waals surface area contributed by atoms with Crippen molar-refractivity contribution in [2.24, 2.45) is 5.73 Å². The predicted octanol–water partition coefficient (Wildman–Crippen LogP) is 2.60. The van der Waals surface area contributed by atoms with E-state index < -0.39 is 0 Å². The number of nitrogens with zero attached hydrogens (tertiary/aromatic N) is 1. The van der Waals surface area contributed by atoms with Crippen LogP contribution >= 0.6 is 0 Å². The molecule has 2 nitrogen and oxygen atoms in total. The number of aromatic nitrogens is 1. The van der Waals surface area contributed by atoms with Crippen LogP contribution in [0, 0.1) is 13.8 Å². The summed E-state index contributed by atoms with van der Waals surface area (Å²) in [6, 6.07) is 10.7. The zero-order valence-electron chi connectivity index (χ0n) is 9.90. The molecule has 16 heavy (non-hydrogen) atoms. The third kappa shape index (κ3) is 2.02. The molecule has 0 aliphatic heterocycles. The minimum Gasteiger partial charge on any atom is -0.330 e. The molecule has 0 bridgehead atoms. The minimum absolute atomic E-state index is 0.689. The van der Waals surface area contributed by atoms with E-state index in [9.17, 15) is 0 Å². The van der Waals surface area contributed by atoms with Crippen molar-refractivity contribution in [1.29, 1.82) is 0 Å². The number of benzene rings is 1. The smallest absolute Gasteiger partial charge is 0.0484 e. The minimum atomic E-state index is 0.689. The summed E-state index contributed by atoms with van der Waals surface area (Å²) in [6.45, 7) is 4.95. The largest absolute Gasteiger partial charge is 0.330 e. The molecule has 0 aliphatic carbocycles. The molecule has 2 aromatic rings. The zero-order valence-corrected chi connectivity index (χ0v) is 9.90. The van der Waals surface area contributed by atoms with E-state index in [2.05, 4.69) is 54.9 Å². The molecule has 0 amide bonds. The highest BCUT2D eigenvalue weighted by molar-refractivity contribution is 5.44. The summed E-state index contributed by atoms with van der Waals surface area (Å²) in [5.74, 6) is 0. The number of nitrogens with two attached hydrogens (primary N) is 1. The number of rotatable bonds is 3. The molecular weight excluding hydrogens is 196 g/mol. The standard InChI is InChI=1S/C14H18N2/c1-11-5-6-12(2)14(10-11)16-9-3-4-13(16)7-8-15/h3-6,9-10H,7-8,15H2,1-2H3. The van der Waals surface area contributed by atoms with E-state index in [1.807, 2.05) is 0 Å². The van der Waals surface area contributed by atoms with Crippen molar-refractivity contribution >= 4 is 0 Å². The van der Waals surface area contributed by atoms with Gasteiger partial charge in [0.05, 0.1) is 0 Å². The van der Waals surface area contributed by atoms with Crippen molar-refractivity contribution in [1.82, 2.24) is 4.57 Å². The van der Waals surface area contributed by atoms with Crippen LogP contribution in [0.3, 0.4) is 0 Å². The summed E-state index contributed by atoms with van der Waals surface area (Å²) in [6.07, 6.45) is 3.02. The van der Waals surface area contributed by atoms with Crippen molar-refractivity contribution in [3.05, 3.63) is 53.3 Å². The second-order valence-electron chi connectivity index (χ2n) is 4.20. The maximum Gasteiger partial charge on any atom is 0.0484 e. The van der Waals surface area contributed by atoms with Gasteiger partial charge in [-0.3, -0.25) is 0 Å². The van der Waals surface area contributed by atoms with E-state index >= 15 is 0 Å². The van der Waals surface area contributed by atoms with Gasteiger partial charge in [-0.2, -0.15) is 0 Å². The molecule has 84 valence electrons. The van der Waals surface area contributed by atoms with Crippen LogP contribution in [0.5, 0.6) is 0 Å².